The monoisotopic (exact) mass is 776 g/mol. The quantitative estimate of drug-likeness (QED) is 0.167. The van der Waals surface area contributed by atoms with E-state index in [0.29, 0.717) is 0 Å². The molecule has 2 atom stereocenters. The Balaban J connectivity index is 0.976. The van der Waals surface area contributed by atoms with Gasteiger partial charge in [0.1, 0.15) is 11.9 Å². The molecule has 0 fully saturated rings. The number of aromatic nitrogens is 2. The molecule has 13 rings (SSSR count). The highest BCUT2D eigenvalue weighted by Crippen LogP contribution is 2.53. The van der Waals surface area contributed by atoms with Crippen molar-refractivity contribution in [3.63, 3.8) is 0 Å². The van der Waals surface area contributed by atoms with Crippen LogP contribution in [0.3, 0.4) is 0 Å². The minimum Gasteiger partial charge on any atom is -0.485 e. The van der Waals surface area contributed by atoms with E-state index in [2.05, 4.69) is 182 Å². The summed E-state index contributed by atoms with van der Waals surface area (Å²) >= 11 is 0. The van der Waals surface area contributed by atoms with Crippen molar-refractivity contribution in [2.45, 2.75) is 12.0 Å². The first-order valence-corrected chi connectivity index (χ1v) is 21.0. The molecular formula is C58H36N2O. The molecule has 61 heavy (non-hydrogen) atoms. The van der Waals surface area contributed by atoms with Crippen molar-refractivity contribution in [2.24, 2.45) is 0 Å². The largest absolute Gasteiger partial charge is 0.485 e. The molecule has 0 spiro atoms. The summed E-state index contributed by atoms with van der Waals surface area (Å²) in [6, 6.07) is 64.0. The molecule has 1 aliphatic heterocycles. The van der Waals surface area contributed by atoms with E-state index >= 15 is 0 Å². The Hall–Kier alpha value is -7.88. The molecule has 1 aliphatic carbocycles. The zero-order valence-electron chi connectivity index (χ0n) is 33.1. The van der Waals surface area contributed by atoms with E-state index in [1.165, 1.54) is 87.6 Å². The fourth-order valence-corrected chi connectivity index (χ4v) is 10.5. The number of benzene rings is 9. The van der Waals surface area contributed by atoms with Gasteiger partial charge in [0.25, 0.3) is 0 Å². The zero-order valence-corrected chi connectivity index (χ0v) is 33.1. The van der Waals surface area contributed by atoms with Crippen molar-refractivity contribution in [3.05, 3.63) is 218 Å². The second-order valence-electron chi connectivity index (χ2n) is 16.3. The van der Waals surface area contributed by atoms with E-state index in [1.807, 2.05) is 24.5 Å². The molecule has 2 unspecified atom stereocenters. The summed E-state index contributed by atoms with van der Waals surface area (Å²) in [7, 11) is 0. The van der Waals surface area contributed by atoms with Gasteiger partial charge >= 0.3 is 0 Å². The van der Waals surface area contributed by atoms with Gasteiger partial charge in [-0.15, -0.1) is 0 Å². The summed E-state index contributed by atoms with van der Waals surface area (Å²) in [6.45, 7) is 0. The van der Waals surface area contributed by atoms with Crippen LogP contribution < -0.4 is 4.74 Å². The third-order valence-corrected chi connectivity index (χ3v) is 13.1. The van der Waals surface area contributed by atoms with Gasteiger partial charge in [-0.1, -0.05) is 158 Å². The Morgan fingerprint density at radius 1 is 0.393 bits per heavy atom. The molecule has 2 aliphatic rings. The van der Waals surface area contributed by atoms with Crippen molar-refractivity contribution < 1.29 is 4.74 Å². The smallest absolute Gasteiger partial charge is 0.128 e. The Kier molecular flexibility index (Phi) is 7.43. The minimum atomic E-state index is -0.119. The van der Waals surface area contributed by atoms with Crippen LogP contribution in [-0.2, 0) is 0 Å². The third kappa shape index (κ3) is 5.17. The lowest BCUT2D eigenvalue weighted by Crippen LogP contribution is -2.19. The van der Waals surface area contributed by atoms with Gasteiger partial charge in [0.15, 0.2) is 0 Å². The van der Waals surface area contributed by atoms with Crippen LogP contribution in [0, 0.1) is 0 Å². The molecule has 3 heterocycles. The van der Waals surface area contributed by atoms with Crippen LogP contribution in [0.25, 0.3) is 104 Å². The molecule has 0 amide bonds. The van der Waals surface area contributed by atoms with Gasteiger partial charge in [0.05, 0.1) is 17.0 Å². The van der Waals surface area contributed by atoms with Gasteiger partial charge in [0.2, 0.25) is 0 Å². The zero-order chi connectivity index (χ0) is 40.0. The second-order valence-corrected chi connectivity index (χ2v) is 16.3. The standard InChI is InChI=1S/C58H36N2O/c1-3-16-42-40(14-1)54(37-26-24-35-12-10-30-59-50(35)32-37)41-15-2-4-17-43(41)56(42)39-28-29-48-53(34-39)61-52-23-9-22-49(58(48)52)57-46-20-7-5-18-44(46)55(45-19-6-8-21-47(45)57)38-27-25-36-13-11-31-60-51(36)33-38/h1-34,52,58H. The molecule has 9 aromatic carbocycles. The number of hydrogen-bond donors (Lipinski definition) is 0. The van der Waals surface area contributed by atoms with Crippen molar-refractivity contribution in [3.8, 4) is 39.1 Å². The maximum absolute atomic E-state index is 7.00. The van der Waals surface area contributed by atoms with Crippen LogP contribution in [0.15, 0.2) is 207 Å². The number of hydrogen-bond acceptors (Lipinski definition) is 3. The number of nitrogens with zero attached hydrogens (tertiary/aromatic N) is 2. The predicted molar refractivity (Wildman–Crippen MR) is 254 cm³/mol. The van der Waals surface area contributed by atoms with Crippen LogP contribution >= 0.6 is 0 Å². The number of fused-ring (bicyclic) bond motifs is 9. The van der Waals surface area contributed by atoms with Crippen LogP contribution in [0.4, 0.5) is 0 Å². The van der Waals surface area contributed by atoms with Gasteiger partial charge in [-0.2, -0.15) is 0 Å². The maximum Gasteiger partial charge on any atom is 0.128 e. The SMILES string of the molecule is C1=CC2Oc3cc(-c4c5ccccc5c(-c5ccc6cccnc6c5)c5ccccc45)ccc3C2C(c2c3ccccc3c(-c3ccc4cccnc4c3)c3ccccc23)=C1. The van der Waals surface area contributed by atoms with Gasteiger partial charge < -0.3 is 4.74 Å². The average molecular weight is 777 g/mol. The molecule has 0 saturated carbocycles. The van der Waals surface area contributed by atoms with E-state index in [4.69, 9.17) is 14.7 Å². The van der Waals surface area contributed by atoms with Crippen molar-refractivity contribution >= 4 is 70.5 Å². The van der Waals surface area contributed by atoms with E-state index in [9.17, 15) is 0 Å². The highest BCUT2D eigenvalue weighted by molar-refractivity contribution is 6.22. The first-order valence-electron chi connectivity index (χ1n) is 21.0. The predicted octanol–water partition coefficient (Wildman–Crippen LogP) is 14.9. The van der Waals surface area contributed by atoms with Crippen molar-refractivity contribution in [2.75, 3.05) is 0 Å². The third-order valence-electron chi connectivity index (χ3n) is 13.1. The fourth-order valence-electron chi connectivity index (χ4n) is 10.5. The Labute approximate surface area is 352 Å². The number of ether oxygens (including phenoxy) is 1. The molecule has 3 nitrogen and oxygen atoms in total. The second kappa shape index (κ2) is 13.3. The number of rotatable bonds is 4. The summed E-state index contributed by atoms with van der Waals surface area (Å²) < 4.78 is 7.00. The average Bonchev–Trinajstić information content (AvgIpc) is 3.70. The number of pyridine rings is 2. The molecule has 3 heteroatoms. The first-order chi connectivity index (χ1) is 30.3. The molecule has 0 radical (unpaired) electrons. The topological polar surface area (TPSA) is 35.0 Å². The molecule has 0 bridgehead atoms. The van der Waals surface area contributed by atoms with E-state index < -0.39 is 0 Å². The van der Waals surface area contributed by atoms with E-state index in [0.717, 1.165) is 33.1 Å². The molecule has 0 saturated heterocycles. The Bertz CT molecular complexity index is 3600. The summed E-state index contributed by atoms with van der Waals surface area (Å²) in [5, 5.41) is 12.1. The van der Waals surface area contributed by atoms with Crippen LogP contribution in [-0.4, -0.2) is 16.1 Å². The van der Waals surface area contributed by atoms with E-state index in [-0.39, 0.29) is 12.0 Å². The Morgan fingerprint density at radius 2 is 0.820 bits per heavy atom. The van der Waals surface area contributed by atoms with Crippen LogP contribution in [0.2, 0.25) is 0 Å². The summed E-state index contributed by atoms with van der Waals surface area (Å²) in [4.78, 5) is 9.44. The maximum atomic E-state index is 7.00. The molecule has 11 aromatic rings. The normalized spacial score (nSPS) is 15.7. The summed E-state index contributed by atoms with van der Waals surface area (Å²) in [5.74, 6) is 0.977. The van der Waals surface area contributed by atoms with Crippen LogP contribution in [0.5, 0.6) is 5.75 Å². The summed E-state index contributed by atoms with van der Waals surface area (Å²) in [5.41, 5.74) is 12.9. The van der Waals surface area contributed by atoms with Crippen LogP contribution in [0.1, 0.15) is 17.0 Å². The lowest BCUT2D eigenvalue weighted by molar-refractivity contribution is 0.272. The lowest BCUT2D eigenvalue weighted by atomic mass is 9.77. The van der Waals surface area contributed by atoms with Gasteiger partial charge in [0, 0.05) is 28.7 Å². The van der Waals surface area contributed by atoms with Gasteiger partial charge in [-0.05, 0) is 124 Å². The highest BCUT2D eigenvalue weighted by atomic mass is 16.5. The first kappa shape index (κ1) is 34.0. The van der Waals surface area contributed by atoms with Gasteiger partial charge in [-0.25, -0.2) is 0 Å². The molecular weight excluding hydrogens is 741 g/mol. The molecule has 284 valence electrons. The van der Waals surface area contributed by atoms with Crippen molar-refractivity contribution in [1.82, 2.24) is 9.97 Å². The van der Waals surface area contributed by atoms with E-state index in [1.54, 1.807) is 0 Å². The van der Waals surface area contributed by atoms with Gasteiger partial charge in [-0.3, -0.25) is 9.97 Å². The fraction of sp³-hybridized carbons (Fsp3) is 0.0345. The molecule has 2 aromatic heterocycles. The number of allylic oxidation sites excluding steroid dienone is 2. The highest BCUT2D eigenvalue weighted by Gasteiger charge is 2.39. The Morgan fingerprint density at radius 3 is 1.30 bits per heavy atom. The molecule has 0 N–H and O–H groups in total. The summed E-state index contributed by atoms with van der Waals surface area (Å²) in [6.07, 6.45) is 10.4. The lowest BCUT2D eigenvalue weighted by Gasteiger charge is -2.26. The minimum absolute atomic E-state index is 0.0361. The van der Waals surface area contributed by atoms with Crippen molar-refractivity contribution in [1.29, 1.82) is 0 Å².